The van der Waals surface area contributed by atoms with Crippen LogP contribution < -0.4 is 5.32 Å². The van der Waals surface area contributed by atoms with Crippen molar-refractivity contribution in [3.63, 3.8) is 0 Å². The van der Waals surface area contributed by atoms with Crippen molar-refractivity contribution in [1.82, 2.24) is 9.88 Å². The van der Waals surface area contributed by atoms with Gasteiger partial charge >= 0.3 is 0 Å². The smallest absolute Gasteiger partial charge is 0.268 e. The zero-order valence-corrected chi connectivity index (χ0v) is 11.4. The number of nitrogens with zero attached hydrogens (tertiary/aromatic N) is 1. The highest BCUT2D eigenvalue weighted by atomic mass is 16.5. The number of hydrogen-bond acceptors (Lipinski definition) is 3. The van der Waals surface area contributed by atoms with Gasteiger partial charge in [0, 0.05) is 26.4 Å². The van der Waals surface area contributed by atoms with Gasteiger partial charge in [0.2, 0.25) is 0 Å². The summed E-state index contributed by atoms with van der Waals surface area (Å²) < 4.78 is 6.87. The van der Waals surface area contributed by atoms with Gasteiger partial charge in [0.25, 0.3) is 5.91 Å². The van der Waals surface area contributed by atoms with E-state index in [2.05, 4.69) is 5.32 Å². The summed E-state index contributed by atoms with van der Waals surface area (Å²) in [5.41, 5.74) is 1.55. The van der Waals surface area contributed by atoms with E-state index in [1.54, 1.807) is 37.4 Å². The Bertz CT molecular complexity index is 561. The van der Waals surface area contributed by atoms with Crippen LogP contribution in [0.4, 0.5) is 0 Å². The topological polar surface area (TPSA) is 63.5 Å². The van der Waals surface area contributed by atoms with Crippen molar-refractivity contribution < 1.29 is 14.6 Å². The second-order valence-corrected chi connectivity index (χ2v) is 4.43. The third-order valence-electron chi connectivity index (χ3n) is 2.99. The average molecular weight is 274 g/mol. The highest BCUT2D eigenvalue weighted by Crippen LogP contribution is 2.09. The highest BCUT2D eigenvalue weighted by molar-refractivity contribution is 5.92. The van der Waals surface area contributed by atoms with Crippen molar-refractivity contribution in [2.45, 2.75) is 13.1 Å². The largest absolute Gasteiger partial charge is 0.508 e. The third kappa shape index (κ3) is 3.61. The molecular weight excluding hydrogens is 256 g/mol. The summed E-state index contributed by atoms with van der Waals surface area (Å²) in [6, 6.07) is 10.4. The predicted molar refractivity (Wildman–Crippen MR) is 75.6 cm³/mol. The minimum absolute atomic E-state index is 0.126. The first-order valence-electron chi connectivity index (χ1n) is 6.41. The quantitative estimate of drug-likeness (QED) is 0.844. The summed E-state index contributed by atoms with van der Waals surface area (Å²) in [5.74, 6) is 0.0905. The maximum atomic E-state index is 12.1. The SMILES string of the molecule is COCCn1cccc1C(=O)NCc1ccc(O)cc1. The van der Waals surface area contributed by atoms with Crippen LogP contribution in [-0.2, 0) is 17.8 Å². The number of hydrogen-bond donors (Lipinski definition) is 2. The Morgan fingerprint density at radius 3 is 2.75 bits per heavy atom. The van der Waals surface area contributed by atoms with Gasteiger partial charge in [-0.15, -0.1) is 0 Å². The van der Waals surface area contributed by atoms with Crippen LogP contribution in [0.25, 0.3) is 0 Å². The van der Waals surface area contributed by atoms with E-state index in [0.29, 0.717) is 25.4 Å². The molecule has 2 aromatic rings. The van der Waals surface area contributed by atoms with Gasteiger partial charge in [-0.3, -0.25) is 4.79 Å². The molecule has 0 radical (unpaired) electrons. The Morgan fingerprint density at radius 1 is 1.30 bits per heavy atom. The van der Waals surface area contributed by atoms with Crippen molar-refractivity contribution >= 4 is 5.91 Å². The number of amides is 1. The van der Waals surface area contributed by atoms with Gasteiger partial charge in [-0.25, -0.2) is 0 Å². The number of aromatic hydroxyl groups is 1. The lowest BCUT2D eigenvalue weighted by atomic mass is 10.2. The van der Waals surface area contributed by atoms with Crippen molar-refractivity contribution in [2.24, 2.45) is 0 Å². The van der Waals surface area contributed by atoms with Gasteiger partial charge < -0.3 is 19.7 Å². The molecule has 0 saturated carbocycles. The number of carbonyl (C=O) groups excluding carboxylic acids is 1. The summed E-state index contributed by atoms with van der Waals surface area (Å²) in [6.45, 7) is 1.63. The summed E-state index contributed by atoms with van der Waals surface area (Å²) >= 11 is 0. The van der Waals surface area contributed by atoms with Crippen LogP contribution in [0, 0.1) is 0 Å². The second-order valence-electron chi connectivity index (χ2n) is 4.43. The summed E-state index contributed by atoms with van der Waals surface area (Å²) in [5, 5.41) is 12.1. The number of carbonyl (C=O) groups is 1. The number of aromatic nitrogens is 1. The summed E-state index contributed by atoms with van der Waals surface area (Å²) in [4.78, 5) is 12.1. The molecule has 106 valence electrons. The molecule has 0 saturated heterocycles. The minimum atomic E-state index is -0.126. The Morgan fingerprint density at radius 2 is 2.05 bits per heavy atom. The Labute approximate surface area is 117 Å². The van der Waals surface area contributed by atoms with Gasteiger partial charge in [-0.2, -0.15) is 0 Å². The molecule has 0 bridgehead atoms. The molecule has 0 fully saturated rings. The summed E-state index contributed by atoms with van der Waals surface area (Å²) in [7, 11) is 1.63. The van der Waals surface area contributed by atoms with Crippen LogP contribution in [0.3, 0.4) is 0 Å². The van der Waals surface area contributed by atoms with Crippen LogP contribution in [0.1, 0.15) is 16.1 Å². The molecule has 2 N–H and O–H groups in total. The number of phenols is 1. The van der Waals surface area contributed by atoms with Crippen LogP contribution >= 0.6 is 0 Å². The number of phenolic OH excluding ortho intramolecular Hbond substituents is 1. The van der Waals surface area contributed by atoms with Gasteiger partial charge in [0.15, 0.2) is 0 Å². The van der Waals surface area contributed by atoms with E-state index < -0.39 is 0 Å². The number of rotatable bonds is 6. The Balaban J connectivity index is 1.94. The van der Waals surface area contributed by atoms with E-state index in [1.807, 2.05) is 16.8 Å². The molecule has 1 aromatic heterocycles. The van der Waals surface area contributed by atoms with E-state index in [9.17, 15) is 9.90 Å². The zero-order chi connectivity index (χ0) is 14.4. The van der Waals surface area contributed by atoms with Crippen LogP contribution in [-0.4, -0.2) is 29.3 Å². The first-order chi connectivity index (χ1) is 9.70. The van der Waals surface area contributed by atoms with Crippen LogP contribution in [0.5, 0.6) is 5.75 Å². The Hall–Kier alpha value is -2.27. The fourth-order valence-corrected chi connectivity index (χ4v) is 1.89. The number of benzene rings is 1. The van der Waals surface area contributed by atoms with E-state index in [-0.39, 0.29) is 11.7 Å². The third-order valence-corrected chi connectivity index (χ3v) is 2.99. The van der Waals surface area contributed by atoms with Crippen molar-refractivity contribution in [3.05, 3.63) is 53.9 Å². The van der Waals surface area contributed by atoms with E-state index in [4.69, 9.17) is 4.74 Å². The molecule has 0 aliphatic carbocycles. The van der Waals surface area contributed by atoms with Gasteiger partial charge in [0.05, 0.1) is 6.61 Å². The summed E-state index contributed by atoms with van der Waals surface area (Å²) in [6.07, 6.45) is 1.86. The highest BCUT2D eigenvalue weighted by Gasteiger charge is 2.10. The predicted octanol–water partition coefficient (Wildman–Crippen LogP) is 1.77. The fraction of sp³-hybridized carbons (Fsp3) is 0.267. The van der Waals surface area contributed by atoms with E-state index in [0.717, 1.165) is 5.56 Å². The number of ether oxygens (including phenoxy) is 1. The van der Waals surface area contributed by atoms with E-state index in [1.165, 1.54) is 0 Å². The lowest BCUT2D eigenvalue weighted by molar-refractivity contribution is 0.0939. The van der Waals surface area contributed by atoms with Crippen molar-refractivity contribution in [1.29, 1.82) is 0 Å². The lowest BCUT2D eigenvalue weighted by Gasteiger charge is -2.09. The van der Waals surface area contributed by atoms with Gasteiger partial charge in [-0.1, -0.05) is 12.1 Å². The molecule has 0 unspecified atom stereocenters. The Kier molecular flexibility index (Phi) is 4.79. The van der Waals surface area contributed by atoms with E-state index >= 15 is 0 Å². The standard InChI is InChI=1S/C15H18N2O3/c1-20-10-9-17-8-2-3-14(17)15(19)16-11-12-4-6-13(18)7-5-12/h2-8,18H,9-11H2,1H3,(H,16,19). The first kappa shape index (κ1) is 14.1. The molecule has 2 rings (SSSR count). The minimum Gasteiger partial charge on any atom is -0.508 e. The van der Waals surface area contributed by atoms with Crippen LogP contribution in [0.2, 0.25) is 0 Å². The molecule has 1 amide bonds. The molecule has 5 heteroatoms. The number of nitrogens with one attached hydrogen (secondary N) is 1. The maximum Gasteiger partial charge on any atom is 0.268 e. The molecule has 20 heavy (non-hydrogen) atoms. The van der Waals surface area contributed by atoms with Crippen molar-refractivity contribution in [3.8, 4) is 5.75 Å². The molecule has 0 aliphatic heterocycles. The molecule has 1 heterocycles. The fourth-order valence-electron chi connectivity index (χ4n) is 1.89. The lowest BCUT2D eigenvalue weighted by Crippen LogP contribution is -2.25. The molecule has 5 nitrogen and oxygen atoms in total. The van der Waals surface area contributed by atoms with Crippen LogP contribution in [0.15, 0.2) is 42.6 Å². The molecule has 0 atom stereocenters. The maximum absolute atomic E-state index is 12.1. The monoisotopic (exact) mass is 274 g/mol. The molecular formula is C15H18N2O3. The van der Waals surface area contributed by atoms with Gasteiger partial charge in [0.1, 0.15) is 11.4 Å². The molecule has 0 aliphatic rings. The average Bonchev–Trinajstić information content (AvgIpc) is 2.92. The molecule has 1 aromatic carbocycles. The molecule has 0 spiro atoms. The van der Waals surface area contributed by atoms with Crippen molar-refractivity contribution in [2.75, 3.05) is 13.7 Å². The van der Waals surface area contributed by atoms with Gasteiger partial charge in [-0.05, 0) is 29.8 Å². The second kappa shape index (κ2) is 6.77. The normalized spacial score (nSPS) is 10.4. The zero-order valence-electron chi connectivity index (χ0n) is 11.4. The number of methoxy groups -OCH3 is 1. The first-order valence-corrected chi connectivity index (χ1v) is 6.41.